The van der Waals surface area contributed by atoms with Gasteiger partial charge >= 0.3 is 0 Å². The van der Waals surface area contributed by atoms with Gasteiger partial charge in [-0.1, -0.05) is 18.2 Å². The van der Waals surface area contributed by atoms with E-state index in [9.17, 15) is 0 Å². The molecular formula is C16H26N2O. The second kappa shape index (κ2) is 6.51. The number of aryl methyl sites for hydroxylation is 2. The highest BCUT2D eigenvalue weighted by molar-refractivity contribution is 5.33. The lowest BCUT2D eigenvalue weighted by Gasteiger charge is -2.39. The Balaban J connectivity index is 2.10. The number of methoxy groups -OCH3 is 1. The van der Waals surface area contributed by atoms with E-state index in [1.807, 2.05) is 0 Å². The number of nitrogens with zero attached hydrogens (tertiary/aromatic N) is 1. The van der Waals surface area contributed by atoms with Crippen molar-refractivity contribution in [2.75, 3.05) is 20.2 Å². The Morgan fingerprint density at radius 1 is 1.32 bits per heavy atom. The normalized spacial score (nSPS) is 24.6. The minimum atomic E-state index is 0.378. The number of rotatable bonds is 4. The molecule has 2 unspecified atom stereocenters. The van der Waals surface area contributed by atoms with E-state index in [4.69, 9.17) is 10.5 Å². The molecule has 19 heavy (non-hydrogen) atoms. The maximum Gasteiger partial charge on any atom is 0.0599 e. The van der Waals surface area contributed by atoms with Gasteiger partial charge in [0.1, 0.15) is 0 Å². The summed E-state index contributed by atoms with van der Waals surface area (Å²) in [5, 5.41) is 0. The van der Waals surface area contributed by atoms with Gasteiger partial charge in [-0.15, -0.1) is 0 Å². The molecule has 0 saturated carbocycles. The summed E-state index contributed by atoms with van der Waals surface area (Å²) in [6.07, 6.45) is 2.54. The fraction of sp³-hybridized carbons (Fsp3) is 0.625. The molecule has 1 saturated heterocycles. The maximum absolute atomic E-state index is 5.94. The van der Waals surface area contributed by atoms with E-state index in [0.29, 0.717) is 18.7 Å². The zero-order valence-corrected chi connectivity index (χ0v) is 12.4. The molecule has 1 aliphatic heterocycles. The second-order valence-electron chi connectivity index (χ2n) is 5.61. The Labute approximate surface area is 116 Å². The zero-order chi connectivity index (χ0) is 13.8. The van der Waals surface area contributed by atoms with Crippen LogP contribution in [-0.4, -0.2) is 37.2 Å². The van der Waals surface area contributed by atoms with Crippen molar-refractivity contribution >= 4 is 0 Å². The summed E-state index contributed by atoms with van der Waals surface area (Å²) >= 11 is 0. The van der Waals surface area contributed by atoms with E-state index < -0.39 is 0 Å². The van der Waals surface area contributed by atoms with Gasteiger partial charge in [-0.2, -0.15) is 0 Å². The molecule has 0 radical (unpaired) electrons. The van der Waals surface area contributed by atoms with Gasteiger partial charge in [-0.3, -0.25) is 4.90 Å². The number of ether oxygens (including phenoxy) is 1. The van der Waals surface area contributed by atoms with Crippen LogP contribution in [0.25, 0.3) is 0 Å². The van der Waals surface area contributed by atoms with Crippen molar-refractivity contribution in [1.82, 2.24) is 4.90 Å². The van der Waals surface area contributed by atoms with E-state index >= 15 is 0 Å². The molecule has 2 atom stereocenters. The SMILES string of the molecule is COC1CCN(Cc2c(C)cccc2C)C(CN)C1. The highest BCUT2D eigenvalue weighted by Crippen LogP contribution is 2.23. The molecule has 2 N–H and O–H groups in total. The van der Waals surface area contributed by atoms with Crippen molar-refractivity contribution in [3.05, 3.63) is 34.9 Å². The minimum Gasteiger partial charge on any atom is -0.381 e. The molecule has 1 heterocycles. The van der Waals surface area contributed by atoms with Gasteiger partial charge in [0.05, 0.1) is 6.10 Å². The van der Waals surface area contributed by atoms with Crippen LogP contribution in [0.5, 0.6) is 0 Å². The van der Waals surface area contributed by atoms with Crippen LogP contribution in [0.1, 0.15) is 29.5 Å². The molecule has 0 aromatic heterocycles. The molecule has 0 aliphatic carbocycles. The Morgan fingerprint density at radius 3 is 2.58 bits per heavy atom. The molecule has 1 aromatic rings. The first kappa shape index (κ1) is 14.5. The third-order valence-corrected chi connectivity index (χ3v) is 4.40. The largest absolute Gasteiger partial charge is 0.381 e. The van der Waals surface area contributed by atoms with Gasteiger partial charge in [0.25, 0.3) is 0 Å². The summed E-state index contributed by atoms with van der Waals surface area (Å²) in [6, 6.07) is 6.97. The van der Waals surface area contributed by atoms with Crippen LogP contribution in [0.4, 0.5) is 0 Å². The molecule has 106 valence electrons. The zero-order valence-electron chi connectivity index (χ0n) is 12.4. The number of likely N-dealkylation sites (tertiary alicyclic amines) is 1. The van der Waals surface area contributed by atoms with Crippen LogP contribution < -0.4 is 5.73 Å². The molecule has 1 aliphatic rings. The minimum absolute atomic E-state index is 0.378. The average molecular weight is 262 g/mol. The topological polar surface area (TPSA) is 38.5 Å². The van der Waals surface area contributed by atoms with Crippen LogP contribution >= 0.6 is 0 Å². The molecule has 0 amide bonds. The highest BCUT2D eigenvalue weighted by Gasteiger charge is 2.27. The highest BCUT2D eigenvalue weighted by atomic mass is 16.5. The van der Waals surface area contributed by atoms with E-state index in [1.165, 1.54) is 16.7 Å². The first-order valence-electron chi connectivity index (χ1n) is 7.17. The van der Waals surface area contributed by atoms with Crippen molar-refractivity contribution < 1.29 is 4.74 Å². The monoisotopic (exact) mass is 262 g/mol. The van der Waals surface area contributed by atoms with E-state index in [2.05, 4.69) is 36.9 Å². The van der Waals surface area contributed by atoms with Crippen molar-refractivity contribution in [3.63, 3.8) is 0 Å². The van der Waals surface area contributed by atoms with Gasteiger partial charge in [0.15, 0.2) is 0 Å². The van der Waals surface area contributed by atoms with Gasteiger partial charge in [-0.05, 0) is 43.4 Å². The predicted octanol–water partition coefficient (Wildman–Crippen LogP) is 2.24. The fourth-order valence-electron chi connectivity index (χ4n) is 3.03. The lowest BCUT2D eigenvalue weighted by atomic mass is 9.96. The molecule has 3 nitrogen and oxygen atoms in total. The van der Waals surface area contributed by atoms with Crippen molar-refractivity contribution in [1.29, 1.82) is 0 Å². The number of hydrogen-bond acceptors (Lipinski definition) is 3. The summed E-state index contributed by atoms with van der Waals surface area (Å²) in [6.45, 7) is 7.19. The van der Waals surface area contributed by atoms with Crippen LogP contribution in [0, 0.1) is 13.8 Å². The van der Waals surface area contributed by atoms with Crippen molar-refractivity contribution in [2.45, 2.75) is 45.4 Å². The molecule has 0 spiro atoms. The summed E-state index contributed by atoms with van der Waals surface area (Å²) in [7, 11) is 1.80. The Hall–Kier alpha value is -0.900. The number of benzene rings is 1. The van der Waals surface area contributed by atoms with Crippen molar-refractivity contribution in [3.8, 4) is 0 Å². The maximum atomic E-state index is 5.94. The summed E-state index contributed by atoms with van der Waals surface area (Å²) in [5.74, 6) is 0. The van der Waals surface area contributed by atoms with Gasteiger partial charge in [0.2, 0.25) is 0 Å². The molecular weight excluding hydrogens is 236 g/mol. The third kappa shape index (κ3) is 3.35. The molecule has 2 rings (SSSR count). The number of piperidine rings is 1. The summed E-state index contributed by atoms with van der Waals surface area (Å²) < 4.78 is 5.49. The van der Waals surface area contributed by atoms with Gasteiger partial charge < -0.3 is 10.5 Å². The third-order valence-electron chi connectivity index (χ3n) is 4.40. The lowest BCUT2D eigenvalue weighted by molar-refractivity contribution is 0.0101. The molecule has 0 bridgehead atoms. The Kier molecular flexibility index (Phi) is 4.97. The quantitative estimate of drug-likeness (QED) is 0.904. The Bertz CT molecular complexity index is 399. The Morgan fingerprint density at radius 2 is 2.00 bits per heavy atom. The average Bonchev–Trinajstić information content (AvgIpc) is 2.43. The smallest absolute Gasteiger partial charge is 0.0599 e. The fourth-order valence-corrected chi connectivity index (χ4v) is 3.03. The van der Waals surface area contributed by atoms with Gasteiger partial charge in [0, 0.05) is 32.8 Å². The molecule has 3 heteroatoms. The second-order valence-corrected chi connectivity index (χ2v) is 5.61. The van der Waals surface area contributed by atoms with Crippen LogP contribution in [-0.2, 0) is 11.3 Å². The van der Waals surface area contributed by atoms with Crippen LogP contribution in [0.3, 0.4) is 0 Å². The lowest BCUT2D eigenvalue weighted by Crippen LogP contribution is -2.48. The standard InChI is InChI=1S/C16H26N2O/c1-12-5-4-6-13(2)16(12)11-18-8-7-15(19-3)9-14(18)10-17/h4-6,14-15H,7-11,17H2,1-3H3. The number of hydrogen-bond donors (Lipinski definition) is 1. The molecule has 1 aromatic carbocycles. The van der Waals surface area contributed by atoms with E-state index in [1.54, 1.807) is 7.11 Å². The van der Waals surface area contributed by atoms with Crippen molar-refractivity contribution in [2.24, 2.45) is 5.73 Å². The van der Waals surface area contributed by atoms with E-state index in [0.717, 1.165) is 25.9 Å². The first-order valence-corrected chi connectivity index (χ1v) is 7.17. The molecule has 1 fully saturated rings. The summed E-state index contributed by atoms with van der Waals surface area (Å²) in [4.78, 5) is 2.52. The van der Waals surface area contributed by atoms with E-state index in [-0.39, 0.29) is 0 Å². The van der Waals surface area contributed by atoms with Crippen LogP contribution in [0.15, 0.2) is 18.2 Å². The predicted molar refractivity (Wildman–Crippen MR) is 79.2 cm³/mol. The van der Waals surface area contributed by atoms with Gasteiger partial charge in [-0.25, -0.2) is 0 Å². The number of nitrogens with two attached hydrogens (primary N) is 1. The van der Waals surface area contributed by atoms with Crippen LogP contribution in [0.2, 0.25) is 0 Å². The summed E-state index contributed by atoms with van der Waals surface area (Å²) in [5.41, 5.74) is 10.2. The first-order chi connectivity index (χ1) is 9.15.